The molecule has 1 saturated heterocycles. The van der Waals surface area contributed by atoms with Crippen LogP contribution in [0.4, 0.5) is 13.6 Å². The summed E-state index contributed by atoms with van der Waals surface area (Å²) in [5, 5.41) is -1.13. The highest BCUT2D eigenvalue weighted by molar-refractivity contribution is 7.91. The maximum atomic E-state index is 14.6. The first-order valence-electron chi connectivity index (χ1n) is 10.1. The molecule has 174 valence electrons. The maximum absolute atomic E-state index is 14.6. The van der Waals surface area contributed by atoms with Gasteiger partial charge in [-0.15, -0.1) is 0 Å². The molecule has 0 aliphatic carbocycles. The van der Waals surface area contributed by atoms with Gasteiger partial charge >= 0.3 is 6.09 Å². The number of sulfone groups is 1. The number of benzene rings is 2. The van der Waals surface area contributed by atoms with Crippen molar-refractivity contribution in [3.05, 3.63) is 64.7 Å². The van der Waals surface area contributed by atoms with Crippen molar-refractivity contribution < 1.29 is 26.7 Å². The van der Waals surface area contributed by atoms with Crippen LogP contribution in [-0.2, 0) is 14.6 Å². The second kappa shape index (κ2) is 10.1. The summed E-state index contributed by atoms with van der Waals surface area (Å²) in [5.74, 6) is -2.48. The first-order chi connectivity index (χ1) is 15.1. The summed E-state index contributed by atoms with van der Waals surface area (Å²) in [6, 6.07) is 8.11. The number of ether oxygens (including phenoxy) is 1. The Hall–Kier alpha value is -2.23. The number of hydrogen-bond donors (Lipinski definition) is 0. The average Bonchev–Trinajstić information content (AvgIpc) is 2.75. The molecule has 1 aliphatic heterocycles. The third-order valence-electron chi connectivity index (χ3n) is 5.49. The van der Waals surface area contributed by atoms with Gasteiger partial charge in [-0.25, -0.2) is 22.0 Å². The van der Waals surface area contributed by atoms with E-state index in [1.54, 1.807) is 0 Å². The summed E-state index contributed by atoms with van der Waals surface area (Å²) in [7, 11) is -2.22. The normalized spacial score (nSPS) is 17.1. The highest BCUT2D eigenvalue weighted by atomic mass is 35.5. The molecule has 0 N–H and O–H groups in total. The van der Waals surface area contributed by atoms with Crippen molar-refractivity contribution >= 4 is 27.5 Å². The molecule has 0 spiro atoms. The number of halogens is 3. The zero-order valence-electron chi connectivity index (χ0n) is 17.8. The van der Waals surface area contributed by atoms with Crippen LogP contribution < -0.4 is 0 Å². The first-order valence-corrected chi connectivity index (χ1v) is 12.1. The van der Waals surface area contributed by atoms with E-state index in [9.17, 15) is 22.0 Å². The minimum atomic E-state index is -4.17. The Morgan fingerprint density at radius 2 is 1.72 bits per heavy atom. The molecule has 1 aliphatic rings. The van der Waals surface area contributed by atoms with Crippen molar-refractivity contribution in [1.82, 2.24) is 9.80 Å². The van der Waals surface area contributed by atoms with Crippen LogP contribution in [0.15, 0.2) is 47.4 Å². The molecule has 10 heteroatoms. The van der Waals surface area contributed by atoms with Gasteiger partial charge in [-0.2, -0.15) is 0 Å². The fraction of sp³-hybridized carbons (Fsp3) is 0.409. The molecule has 2 aromatic rings. The van der Waals surface area contributed by atoms with E-state index in [1.165, 1.54) is 36.1 Å². The third kappa shape index (κ3) is 5.57. The number of piperazine rings is 1. The number of carbonyl (C=O) groups excluding carboxylic acids is 1. The second-order valence-electron chi connectivity index (χ2n) is 7.93. The van der Waals surface area contributed by atoms with Crippen molar-refractivity contribution in [3.8, 4) is 0 Å². The predicted octanol–water partition coefficient (Wildman–Crippen LogP) is 4.15. The van der Waals surface area contributed by atoms with E-state index >= 15 is 0 Å². The highest BCUT2D eigenvalue weighted by Gasteiger charge is 2.37. The van der Waals surface area contributed by atoms with Crippen LogP contribution in [0.1, 0.15) is 17.7 Å². The molecule has 3 rings (SSSR count). The summed E-state index contributed by atoms with van der Waals surface area (Å²) in [5.41, 5.74) is -0.317. The Bertz CT molecular complexity index is 1060. The Balaban J connectivity index is 1.87. The van der Waals surface area contributed by atoms with Crippen LogP contribution in [-0.4, -0.2) is 64.1 Å². The lowest BCUT2D eigenvalue weighted by molar-refractivity contribution is 0.0715. The zero-order valence-corrected chi connectivity index (χ0v) is 19.4. The van der Waals surface area contributed by atoms with Gasteiger partial charge in [0.2, 0.25) is 0 Å². The Kier molecular flexibility index (Phi) is 7.74. The van der Waals surface area contributed by atoms with Gasteiger partial charge in [-0.1, -0.05) is 18.5 Å². The molecule has 0 radical (unpaired) electrons. The van der Waals surface area contributed by atoms with E-state index in [0.717, 1.165) is 18.2 Å². The molecular weight excluding hydrogens is 462 g/mol. The predicted molar refractivity (Wildman–Crippen MR) is 117 cm³/mol. The van der Waals surface area contributed by atoms with Gasteiger partial charge < -0.3 is 14.5 Å². The van der Waals surface area contributed by atoms with Crippen molar-refractivity contribution in [1.29, 1.82) is 0 Å². The lowest BCUT2D eigenvalue weighted by Gasteiger charge is -2.32. The molecular formula is C22H25ClF2N2O4S. The Labute approximate surface area is 191 Å². The molecule has 2 unspecified atom stereocenters. The lowest BCUT2D eigenvalue weighted by Crippen LogP contribution is -2.47. The van der Waals surface area contributed by atoms with Crippen LogP contribution in [0.5, 0.6) is 0 Å². The molecule has 1 fully saturated rings. The number of amides is 1. The minimum Gasteiger partial charge on any atom is -0.449 e. The van der Waals surface area contributed by atoms with Gasteiger partial charge in [-0.3, -0.25) is 0 Å². The molecule has 0 aromatic heterocycles. The fourth-order valence-corrected chi connectivity index (χ4v) is 5.79. The fourth-order valence-electron chi connectivity index (χ4n) is 3.65. The zero-order chi connectivity index (χ0) is 23.5. The first kappa shape index (κ1) is 24.4. The van der Waals surface area contributed by atoms with Crippen LogP contribution >= 0.6 is 11.6 Å². The summed E-state index contributed by atoms with van der Waals surface area (Å²) < 4.78 is 60.8. The third-order valence-corrected chi connectivity index (χ3v) is 8.06. The molecule has 0 bridgehead atoms. The number of hydrogen-bond acceptors (Lipinski definition) is 5. The lowest BCUT2D eigenvalue weighted by atomic mass is 10.0. The van der Waals surface area contributed by atoms with E-state index in [4.69, 9.17) is 16.3 Å². The molecule has 32 heavy (non-hydrogen) atoms. The summed E-state index contributed by atoms with van der Waals surface area (Å²) in [4.78, 5) is 16.0. The van der Waals surface area contributed by atoms with Gasteiger partial charge in [0.25, 0.3) is 0 Å². The molecule has 1 heterocycles. The van der Waals surface area contributed by atoms with Gasteiger partial charge in [0.1, 0.15) is 11.6 Å². The Morgan fingerprint density at radius 1 is 1.09 bits per heavy atom. The van der Waals surface area contributed by atoms with Gasteiger partial charge in [0.15, 0.2) is 9.84 Å². The summed E-state index contributed by atoms with van der Waals surface area (Å²) in [6.45, 7) is 3.64. The second-order valence-corrected chi connectivity index (χ2v) is 10.4. The van der Waals surface area contributed by atoms with E-state index < -0.39 is 38.7 Å². The van der Waals surface area contributed by atoms with Crippen molar-refractivity contribution in [2.24, 2.45) is 5.92 Å². The van der Waals surface area contributed by atoms with Crippen LogP contribution in [0.3, 0.4) is 0 Å². The molecule has 2 atom stereocenters. The quantitative estimate of drug-likeness (QED) is 0.613. The molecule has 6 nitrogen and oxygen atoms in total. The number of nitrogens with zero attached hydrogens (tertiary/aromatic N) is 2. The largest absolute Gasteiger partial charge is 0.449 e. The summed E-state index contributed by atoms with van der Waals surface area (Å²) in [6.07, 6.45) is -0.563. The van der Waals surface area contributed by atoms with E-state index in [2.05, 4.69) is 4.90 Å². The van der Waals surface area contributed by atoms with Crippen LogP contribution in [0, 0.1) is 17.6 Å². The topological polar surface area (TPSA) is 66.9 Å². The van der Waals surface area contributed by atoms with Crippen molar-refractivity contribution in [3.63, 3.8) is 0 Å². The maximum Gasteiger partial charge on any atom is 0.409 e. The molecule has 1 amide bonds. The Morgan fingerprint density at radius 3 is 2.34 bits per heavy atom. The molecule has 2 aromatic carbocycles. The van der Waals surface area contributed by atoms with Crippen LogP contribution in [0.2, 0.25) is 5.02 Å². The van der Waals surface area contributed by atoms with Gasteiger partial charge in [0, 0.05) is 42.7 Å². The van der Waals surface area contributed by atoms with Crippen LogP contribution in [0.25, 0.3) is 0 Å². The number of rotatable bonds is 6. The average molecular weight is 487 g/mol. The van der Waals surface area contributed by atoms with Crippen molar-refractivity contribution in [2.45, 2.75) is 17.1 Å². The van der Waals surface area contributed by atoms with Crippen molar-refractivity contribution in [2.75, 3.05) is 39.8 Å². The highest BCUT2D eigenvalue weighted by Crippen LogP contribution is 2.37. The van der Waals surface area contributed by atoms with E-state index in [1.807, 2.05) is 7.05 Å². The standard InChI is InChI=1S/C22H25ClF2N2O4S/c1-15(14-31-22(28)27-11-9-26(2)10-12-27)21(19-13-17(24)5-8-20(19)25)32(29,30)18-6-3-16(23)4-7-18/h3-8,13,15,21H,9-12,14H2,1-2H3. The smallest absolute Gasteiger partial charge is 0.409 e. The molecule has 0 saturated carbocycles. The minimum absolute atomic E-state index is 0.0900. The SMILES string of the molecule is CC(COC(=O)N1CCN(C)CC1)C(c1cc(F)ccc1F)S(=O)(=O)c1ccc(Cl)cc1. The number of carbonyl (C=O) groups is 1. The van der Waals surface area contributed by atoms with E-state index in [-0.39, 0.29) is 17.1 Å². The van der Waals surface area contributed by atoms with Gasteiger partial charge in [-0.05, 0) is 49.5 Å². The van der Waals surface area contributed by atoms with Gasteiger partial charge in [0.05, 0.1) is 16.8 Å². The number of likely N-dealkylation sites (N-methyl/N-ethyl adjacent to an activating group) is 1. The van der Waals surface area contributed by atoms with E-state index in [0.29, 0.717) is 31.2 Å². The monoisotopic (exact) mass is 486 g/mol. The summed E-state index contributed by atoms with van der Waals surface area (Å²) >= 11 is 5.86.